The van der Waals surface area contributed by atoms with Crippen LogP contribution in [0.3, 0.4) is 0 Å². The standard InChI is InChI=1S/C17H17N3/c1-2-6-16-13(4-1)5-3-7-17(16)20-11-10-15(19-20)12-18-14-8-9-14/h1-7,10-11,14,18H,8-9,12H2. The van der Waals surface area contributed by atoms with Gasteiger partial charge in [0, 0.05) is 24.2 Å². The third-order valence-corrected chi connectivity index (χ3v) is 3.81. The predicted octanol–water partition coefficient (Wildman–Crippen LogP) is 3.28. The lowest BCUT2D eigenvalue weighted by Crippen LogP contribution is -2.15. The van der Waals surface area contributed by atoms with Crippen molar-refractivity contribution in [3.63, 3.8) is 0 Å². The molecule has 0 amide bonds. The summed E-state index contributed by atoms with van der Waals surface area (Å²) in [4.78, 5) is 0. The monoisotopic (exact) mass is 263 g/mol. The molecule has 4 rings (SSSR count). The van der Waals surface area contributed by atoms with Gasteiger partial charge in [-0.25, -0.2) is 4.68 Å². The normalized spacial score (nSPS) is 14.8. The minimum atomic E-state index is 0.720. The van der Waals surface area contributed by atoms with Crippen molar-refractivity contribution in [3.05, 3.63) is 60.4 Å². The van der Waals surface area contributed by atoms with Crippen molar-refractivity contribution in [2.24, 2.45) is 0 Å². The maximum atomic E-state index is 4.68. The first-order valence-corrected chi connectivity index (χ1v) is 7.16. The zero-order valence-corrected chi connectivity index (χ0v) is 11.3. The van der Waals surface area contributed by atoms with Crippen LogP contribution < -0.4 is 5.32 Å². The topological polar surface area (TPSA) is 29.9 Å². The lowest BCUT2D eigenvalue weighted by atomic mass is 10.1. The smallest absolute Gasteiger partial charge is 0.0766 e. The number of nitrogens with zero attached hydrogens (tertiary/aromatic N) is 2. The third kappa shape index (κ3) is 2.21. The molecule has 100 valence electrons. The van der Waals surface area contributed by atoms with Gasteiger partial charge in [0.15, 0.2) is 0 Å². The molecule has 1 N–H and O–H groups in total. The van der Waals surface area contributed by atoms with Gasteiger partial charge in [-0.2, -0.15) is 5.10 Å². The van der Waals surface area contributed by atoms with Gasteiger partial charge in [-0.1, -0.05) is 36.4 Å². The van der Waals surface area contributed by atoms with Crippen molar-refractivity contribution in [1.29, 1.82) is 0 Å². The molecule has 20 heavy (non-hydrogen) atoms. The van der Waals surface area contributed by atoms with Crippen LogP contribution in [0.15, 0.2) is 54.7 Å². The van der Waals surface area contributed by atoms with Gasteiger partial charge in [0.05, 0.1) is 11.4 Å². The molecule has 0 atom stereocenters. The van der Waals surface area contributed by atoms with Crippen molar-refractivity contribution in [3.8, 4) is 5.69 Å². The van der Waals surface area contributed by atoms with Crippen molar-refractivity contribution in [1.82, 2.24) is 15.1 Å². The van der Waals surface area contributed by atoms with E-state index in [0.29, 0.717) is 0 Å². The molecular weight excluding hydrogens is 246 g/mol. The molecule has 0 aliphatic heterocycles. The lowest BCUT2D eigenvalue weighted by Gasteiger charge is -2.06. The molecule has 1 fully saturated rings. The third-order valence-electron chi connectivity index (χ3n) is 3.81. The number of benzene rings is 2. The predicted molar refractivity (Wildman–Crippen MR) is 80.9 cm³/mol. The Morgan fingerprint density at radius 3 is 2.80 bits per heavy atom. The van der Waals surface area contributed by atoms with E-state index in [0.717, 1.165) is 24.0 Å². The van der Waals surface area contributed by atoms with Crippen LogP contribution in [0.25, 0.3) is 16.5 Å². The summed E-state index contributed by atoms with van der Waals surface area (Å²) in [5.41, 5.74) is 2.24. The van der Waals surface area contributed by atoms with Gasteiger partial charge in [-0.05, 0) is 30.4 Å². The highest BCUT2D eigenvalue weighted by Crippen LogP contribution is 2.22. The highest BCUT2D eigenvalue weighted by atomic mass is 15.3. The molecule has 0 unspecified atom stereocenters. The summed E-state index contributed by atoms with van der Waals surface area (Å²) in [5, 5.41) is 10.7. The maximum Gasteiger partial charge on any atom is 0.0766 e. The second kappa shape index (κ2) is 4.76. The van der Waals surface area contributed by atoms with E-state index >= 15 is 0 Å². The highest BCUT2D eigenvalue weighted by molar-refractivity contribution is 5.89. The van der Waals surface area contributed by atoms with E-state index in [1.54, 1.807) is 0 Å². The van der Waals surface area contributed by atoms with Crippen LogP contribution in [0.5, 0.6) is 0 Å². The van der Waals surface area contributed by atoms with E-state index < -0.39 is 0 Å². The van der Waals surface area contributed by atoms with Crippen LogP contribution in [0, 0.1) is 0 Å². The molecule has 1 aliphatic rings. The van der Waals surface area contributed by atoms with Crippen molar-refractivity contribution >= 4 is 10.8 Å². The van der Waals surface area contributed by atoms with Crippen molar-refractivity contribution in [2.45, 2.75) is 25.4 Å². The second-order valence-corrected chi connectivity index (χ2v) is 5.41. The molecule has 0 radical (unpaired) electrons. The first kappa shape index (κ1) is 11.7. The quantitative estimate of drug-likeness (QED) is 0.783. The van der Waals surface area contributed by atoms with Crippen LogP contribution in [0.2, 0.25) is 0 Å². The van der Waals surface area contributed by atoms with E-state index in [-0.39, 0.29) is 0 Å². The molecule has 1 aromatic heterocycles. The second-order valence-electron chi connectivity index (χ2n) is 5.41. The summed E-state index contributed by atoms with van der Waals surface area (Å²) in [6, 6.07) is 17.6. The lowest BCUT2D eigenvalue weighted by molar-refractivity contribution is 0.665. The minimum Gasteiger partial charge on any atom is -0.308 e. The zero-order valence-electron chi connectivity index (χ0n) is 11.3. The largest absolute Gasteiger partial charge is 0.308 e. The van der Waals surface area contributed by atoms with E-state index in [9.17, 15) is 0 Å². The average Bonchev–Trinajstić information content (AvgIpc) is 3.21. The van der Waals surface area contributed by atoms with Crippen molar-refractivity contribution < 1.29 is 0 Å². The van der Waals surface area contributed by atoms with E-state index in [4.69, 9.17) is 0 Å². The number of rotatable bonds is 4. The van der Waals surface area contributed by atoms with Crippen LogP contribution in [0.4, 0.5) is 0 Å². The van der Waals surface area contributed by atoms with Gasteiger partial charge in [-0.15, -0.1) is 0 Å². The molecule has 0 spiro atoms. The van der Waals surface area contributed by atoms with Gasteiger partial charge in [0.25, 0.3) is 0 Å². The molecule has 0 saturated heterocycles. The summed E-state index contributed by atoms with van der Waals surface area (Å²) >= 11 is 0. The van der Waals surface area contributed by atoms with Gasteiger partial charge < -0.3 is 5.32 Å². The average molecular weight is 263 g/mol. The Morgan fingerprint density at radius 1 is 1.05 bits per heavy atom. The molecule has 3 heteroatoms. The molecule has 3 nitrogen and oxygen atoms in total. The SMILES string of the molecule is c1ccc2c(-n3ccc(CNC4CC4)n3)cccc2c1. The summed E-state index contributed by atoms with van der Waals surface area (Å²) < 4.78 is 1.98. The Kier molecular flexibility index (Phi) is 2.78. The molecule has 1 aliphatic carbocycles. The fraction of sp³-hybridized carbons (Fsp3) is 0.235. The van der Waals surface area contributed by atoms with Crippen LogP contribution in [-0.4, -0.2) is 15.8 Å². The summed E-state index contributed by atoms with van der Waals surface area (Å²) in [6.07, 6.45) is 4.67. The molecule has 3 aromatic rings. The summed E-state index contributed by atoms with van der Waals surface area (Å²) in [6.45, 7) is 0.864. The molecule has 2 aromatic carbocycles. The fourth-order valence-electron chi connectivity index (χ4n) is 2.53. The number of nitrogens with one attached hydrogen (secondary N) is 1. The Bertz CT molecular complexity index is 735. The van der Waals surface area contributed by atoms with E-state index in [1.165, 1.54) is 23.6 Å². The number of fused-ring (bicyclic) bond motifs is 1. The van der Waals surface area contributed by atoms with Crippen LogP contribution >= 0.6 is 0 Å². The Balaban J connectivity index is 1.67. The number of aromatic nitrogens is 2. The Hall–Kier alpha value is -2.13. The fourth-order valence-corrected chi connectivity index (χ4v) is 2.53. The summed E-state index contributed by atoms with van der Waals surface area (Å²) in [5.74, 6) is 0. The van der Waals surface area contributed by atoms with Crippen LogP contribution in [-0.2, 0) is 6.54 Å². The molecule has 1 heterocycles. The van der Waals surface area contributed by atoms with Gasteiger partial charge in [0.2, 0.25) is 0 Å². The molecule has 1 saturated carbocycles. The van der Waals surface area contributed by atoms with E-state index in [2.05, 4.69) is 58.9 Å². The molecule has 0 bridgehead atoms. The van der Waals surface area contributed by atoms with E-state index in [1.807, 2.05) is 10.9 Å². The first-order valence-electron chi connectivity index (χ1n) is 7.16. The van der Waals surface area contributed by atoms with Gasteiger partial charge in [-0.3, -0.25) is 0 Å². The first-order chi connectivity index (χ1) is 9.90. The Labute approximate surface area is 118 Å². The van der Waals surface area contributed by atoms with Crippen LogP contribution in [0.1, 0.15) is 18.5 Å². The summed E-state index contributed by atoms with van der Waals surface area (Å²) in [7, 11) is 0. The zero-order chi connectivity index (χ0) is 13.4. The molecular formula is C17H17N3. The van der Waals surface area contributed by atoms with Crippen molar-refractivity contribution in [2.75, 3.05) is 0 Å². The van der Waals surface area contributed by atoms with Gasteiger partial charge >= 0.3 is 0 Å². The maximum absolute atomic E-state index is 4.68. The van der Waals surface area contributed by atoms with Gasteiger partial charge in [0.1, 0.15) is 0 Å². The Morgan fingerprint density at radius 2 is 1.90 bits per heavy atom. The highest BCUT2D eigenvalue weighted by Gasteiger charge is 2.20. The number of hydrogen-bond acceptors (Lipinski definition) is 2. The number of hydrogen-bond donors (Lipinski definition) is 1. The minimum absolute atomic E-state index is 0.720.